The Labute approximate surface area is 160 Å². The van der Waals surface area contributed by atoms with Gasteiger partial charge in [-0.15, -0.1) is 0 Å². The number of piperidine rings is 1. The Kier molecular flexibility index (Phi) is 6.26. The lowest BCUT2D eigenvalue weighted by molar-refractivity contribution is 0.0949. The zero-order chi connectivity index (χ0) is 19.4. The standard InChI is InChI=1S/C21H29FN4O/c1-15-9-13-25(14-10-15)12-4-11-23-21(27)20-16(2)24-26(17(20)3)19-7-5-18(22)6-8-19/h5-8,15H,4,9-14H2,1-3H3,(H,23,27). The monoisotopic (exact) mass is 372 g/mol. The van der Waals surface area contributed by atoms with Crippen molar-refractivity contribution in [3.8, 4) is 5.69 Å². The highest BCUT2D eigenvalue weighted by molar-refractivity contribution is 5.96. The Morgan fingerprint density at radius 3 is 2.56 bits per heavy atom. The maximum atomic E-state index is 13.1. The van der Waals surface area contributed by atoms with Gasteiger partial charge in [0.1, 0.15) is 5.82 Å². The first-order valence-corrected chi connectivity index (χ1v) is 9.78. The van der Waals surface area contributed by atoms with Gasteiger partial charge in [0.05, 0.1) is 22.6 Å². The summed E-state index contributed by atoms with van der Waals surface area (Å²) in [6.45, 7) is 10.0. The van der Waals surface area contributed by atoms with Gasteiger partial charge < -0.3 is 10.2 Å². The molecule has 0 bridgehead atoms. The number of carbonyl (C=O) groups excluding carboxylic acids is 1. The number of hydrogen-bond acceptors (Lipinski definition) is 3. The molecule has 5 nitrogen and oxygen atoms in total. The van der Waals surface area contributed by atoms with E-state index in [9.17, 15) is 9.18 Å². The minimum Gasteiger partial charge on any atom is -0.352 e. The van der Waals surface area contributed by atoms with Crippen LogP contribution in [0.4, 0.5) is 4.39 Å². The molecular formula is C21H29FN4O. The van der Waals surface area contributed by atoms with Crippen LogP contribution in [0, 0.1) is 25.6 Å². The van der Waals surface area contributed by atoms with E-state index in [4.69, 9.17) is 0 Å². The van der Waals surface area contributed by atoms with E-state index < -0.39 is 0 Å². The maximum absolute atomic E-state index is 13.1. The number of halogens is 1. The Bertz CT molecular complexity index is 776. The van der Waals surface area contributed by atoms with Crippen molar-refractivity contribution in [1.82, 2.24) is 20.0 Å². The molecule has 1 aliphatic rings. The smallest absolute Gasteiger partial charge is 0.255 e. The molecule has 1 aromatic carbocycles. The molecule has 27 heavy (non-hydrogen) atoms. The maximum Gasteiger partial charge on any atom is 0.255 e. The van der Waals surface area contributed by atoms with E-state index in [1.807, 2.05) is 13.8 Å². The third kappa shape index (κ3) is 4.75. The molecule has 0 radical (unpaired) electrons. The van der Waals surface area contributed by atoms with Gasteiger partial charge in [0.15, 0.2) is 0 Å². The predicted molar refractivity (Wildman–Crippen MR) is 105 cm³/mol. The van der Waals surface area contributed by atoms with E-state index in [1.54, 1.807) is 16.8 Å². The van der Waals surface area contributed by atoms with Crippen molar-refractivity contribution in [2.45, 2.75) is 40.0 Å². The van der Waals surface area contributed by atoms with E-state index in [1.165, 1.54) is 25.0 Å². The first kappa shape index (κ1) is 19.5. The molecule has 1 aliphatic heterocycles. The number of carbonyl (C=O) groups is 1. The van der Waals surface area contributed by atoms with Gasteiger partial charge in [-0.25, -0.2) is 9.07 Å². The third-order valence-electron chi connectivity index (χ3n) is 5.40. The summed E-state index contributed by atoms with van der Waals surface area (Å²) >= 11 is 0. The number of aromatic nitrogens is 2. The normalized spacial score (nSPS) is 15.9. The molecule has 1 saturated heterocycles. The van der Waals surface area contributed by atoms with Crippen LogP contribution in [-0.2, 0) is 0 Å². The molecule has 6 heteroatoms. The average Bonchev–Trinajstić information content (AvgIpc) is 2.95. The number of likely N-dealkylation sites (tertiary alicyclic amines) is 1. The fourth-order valence-electron chi connectivity index (χ4n) is 3.68. The number of nitrogens with one attached hydrogen (secondary N) is 1. The summed E-state index contributed by atoms with van der Waals surface area (Å²) in [5, 5.41) is 7.49. The zero-order valence-electron chi connectivity index (χ0n) is 16.5. The predicted octanol–water partition coefficient (Wildman–Crippen LogP) is 3.48. The van der Waals surface area contributed by atoms with Crippen molar-refractivity contribution in [3.63, 3.8) is 0 Å². The van der Waals surface area contributed by atoms with Crippen LogP contribution in [0.25, 0.3) is 5.69 Å². The Morgan fingerprint density at radius 1 is 1.22 bits per heavy atom. The molecule has 2 aromatic rings. The zero-order valence-corrected chi connectivity index (χ0v) is 16.5. The molecule has 0 spiro atoms. The quantitative estimate of drug-likeness (QED) is 0.790. The molecule has 146 valence electrons. The van der Waals surface area contributed by atoms with Gasteiger partial charge in [-0.3, -0.25) is 4.79 Å². The largest absolute Gasteiger partial charge is 0.352 e. The summed E-state index contributed by atoms with van der Waals surface area (Å²) in [5.74, 6) is 0.455. The van der Waals surface area contributed by atoms with Crippen LogP contribution in [0.15, 0.2) is 24.3 Å². The highest BCUT2D eigenvalue weighted by Gasteiger charge is 2.19. The van der Waals surface area contributed by atoms with Crippen LogP contribution in [0.2, 0.25) is 0 Å². The number of hydrogen-bond donors (Lipinski definition) is 1. The van der Waals surface area contributed by atoms with Gasteiger partial charge in [-0.05, 0) is 82.9 Å². The van der Waals surface area contributed by atoms with Gasteiger partial charge in [-0.1, -0.05) is 6.92 Å². The van der Waals surface area contributed by atoms with Crippen molar-refractivity contribution in [3.05, 3.63) is 47.0 Å². The summed E-state index contributed by atoms with van der Waals surface area (Å²) in [7, 11) is 0. The van der Waals surface area contributed by atoms with Crippen molar-refractivity contribution in [1.29, 1.82) is 0 Å². The summed E-state index contributed by atoms with van der Waals surface area (Å²) < 4.78 is 14.8. The molecule has 0 unspecified atom stereocenters. The molecule has 1 amide bonds. The lowest BCUT2D eigenvalue weighted by Gasteiger charge is -2.30. The minimum atomic E-state index is -0.290. The van der Waals surface area contributed by atoms with Crippen LogP contribution in [0.5, 0.6) is 0 Å². The summed E-state index contributed by atoms with van der Waals surface area (Å²) in [6.07, 6.45) is 3.49. The fraction of sp³-hybridized carbons (Fsp3) is 0.524. The summed E-state index contributed by atoms with van der Waals surface area (Å²) in [5.41, 5.74) is 2.79. The van der Waals surface area contributed by atoms with E-state index >= 15 is 0 Å². The van der Waals surface area contributed by atoms with Gasteiger partial charge in [-0.2, -0.15) is 5.10 Å². The summed E-state index contributed by atoms with van der Waals surface area (Å²) in [6, 6.07) is 6.12. The SMILES string of the molecule is Cc1nn(-c2ccc(F)cc2)c(C)c1C(=O)NCCCN1CCC(C)CC1. The van der Waals surface area contributed by atoms with Gasteiger partial charge in [0.25, 0.3) is 5.91 Å². The molecule has 3 rings (SSSR count). The lowest BCUT2D eigenvalue weighted by atomic mass is 9.99. The molecule has 2 heterocycles. The highest BCUT2D eigenvalue weighted by Crippen LogP contribution is 2.18. The molecule has 1 fully saturated rings. The Balaban J connectivity index is 1.56. The molecule has 1 aromatic heterocycles. The van der Waals surface area contributed by atoms with Gasteiger partial charge in [0.2, 0.25) is 0 Å². The van der Waals surface area contributed by atoms with Crippen molar-refractivity contribution >= 4 is 5.91 Å². The van der Waals surface area contributed by atoms with Gasteiger partial charge in [0, 0.05) is 6.54 Å². The van der Waals surface area contributed by atoms with Gasteiger partial charge >= 0.3 is 0 Å². The van der Waals surface area contributed by atoms with Crippen LogP contribution in [0.1, 0.15) is 47.9 Å². The second-order valence-electron chi connectivity index (χ2n) is 7.57. The Morgan fingerprint density at radius 2 is 1.89 bits per heavy atom. The van der Waals surface area contributed by atoms with E-state index in [2.05, 4.69) is 22.2 Å². The molecular weight excluding hydrogens is 343 g/mol. The van der Waals surface area contributed by atoms with Crippen LogP contribution < -0.4 is 5.32 Å². The number of aryl methyl sites for hydroxylation is 1. The van der Waals surface area contributed by atoms with E-state index in [0.717, 1.165) is 43.4 Å². The fourth-order valence-corrected chi connectivity index (χ4v) is 3.68. The second-order valence-corrected chi connectivity index (χ2v) is 7.57. The van der Waals surface area contributed by atoms with Crippen LogP contribution in [0.3, 0.4) is 0 Å². The van der Waals surface area contributed by atoms with Crippen molar-refractivity contribution in [2.75, 3.05) is 26.2 Å². The molecule has 0 atom stereocenters. The van der Waals surface area contributed by atoms with E-state index in [-0.39, 0.29) is 11.7 Å². The molecule has 1 N–H and O–H groups in total. The first-order chi connectivity index (χ1) is 13.0. The summed E-state index contributed by atoms with van der Waals surface area (Å²) in [4.78, 5) is 15.1. The number of amides is 1. The molecule has 0 aliphatic carbocycles. The van der Waals surface area contributed by atoms with Crippen molar-refractivity contribution in [2.24, 2.45) is 5.92 Å². The third-order valence-corrected chi connectivity index (χ3v) is 5.40. The topological polar surface area (TPSA) is 50.2 Å². The second kappa shape index (κ2) is 8.65. The highest BCUT2D eigenvalue weighted by atomic mass is 19.1. The average molecular weight is 372 g/mol. The van der Waals surface area contributed by atoms with Crippen LogP contribution >= 0.6 is 0 Å². The molecule has 0 saturated carbocycles. The minimum absolute atomic E-state index is 0.0920. The number of rotatable bonds is 6. The number of benzene rings is 1. The Hall–Kier alpha value is -2.21. The number of nitrogens with zero attached hydrogens (tertiary/aromatic N) is 3. The van der Waals surface area contributed by atoms with E-state index in [0.29, 0.717) is 17.8 Å². The van der Waals surface area contributed by atoms with Crippen molar-refractivity contribution < 1.29 is 9.18 Å². The van der Waals surface area contributed by atoms with Crippen LogP contribution in [-0.4, -0.2) is 46.8 Å². The lowest BCUT2D eigenvalue weighted by Crippen LogP contribution is -2.35. The first-order valence-electron chi connectivity index (χ1n) is 9.78.